The molecule has 3 fully saturated rings. The van der Waals surface area contributed by atoms with Crippen molar-refractivity contribution in [2.75, 3.05) is 6.54 Å². The normalized spacial score (nSPS) is 21.7. The average molecular weight is 483 g/mol. The van der Waals surface area contributed by atoms with E-state index in [2.05, 4.69) is 15.0 Å². The van der Waals surface area contributed by atoms with Gasteiger partial charge in [-0.25, -0.2) is 4.98 Å². The zero-order valence-electron chi connectivity index (χ0n) is 19.4. The maximum absolute atomic E-state index is 13.8. The summed E-state index contributed by atoms with van der Waals surface area (Å²) < 4.78 is 44.6. The molecule has 0 spiro atoms. The van der Waals surface area contributed by atoms with Gasteiger partial charge in [0.2, 0.25) is 5.88 Å². The van der Waals surface area contributed by atoms with E-state index in [0.717, 1.165) is 48.3 Å². The summed E-state index contributed by atoms with van der Waals surface area (Å²) in [5.41, 5.74) is 2.80. The molecule has 3 aromatic heterocycles. The number of hydrogen-bond acceptors (Lipinski definition) is 5. The van der Waals surface area contributed by atoms with Crippen LogP contribution in [0, 0.1) is 19.8 Å². The molecule has 0 radical (unpaired) electrons. The first-order valence-electron chi connectivity index (χ1n) is 11.6. The molecule has 1 amide bonds. The molecule has 2 aliphatic heterocycles. The molecule has 182 valence electrons. The van der Waals surface area contributed by atoms with E-state index in [1.54, 1.807) is 12.4 Å². The molecule has 1 aliphatic carbocycles. The minimum Gasteiger partial charge on any atom is -0.472 e. The SMILES string of the molecule is Cc1cnc(C(=O)N2C[C@H]3CC[C@H]2[C@H](Oc2ccc(C(F)(F)F)cn2)C3)c(-c2ncccc2C)c1. The number of piperidine rings is 2. The Morgan fingerprint density at radius 3 is 2.60 bits per heavy atom. The Morgan fingerprint density at radius 2 is 1.91 bits per heavy atom. The van der Waals surface area contributed by atoms with Crippen molar-refractivity contribution in [3.63, 3.8) is 0 Å². The predicted molar refractivity (Wildman–Crippen MR) is 123 cm³/mol. The van der Waals surface area contributed by atoms with Gasteiger partial charge in [0.25, 0.3) is 5.91 Å². The second-order valence-corrected chi connectivity index (χ2v) is 9.32. The third-order valence-corrected chi connectivity index (χ3v) is 6.81. The average Bonchev–Trinajstić information content (AvgIpc) is 2.84. The molecular formula is C26H25F3N4O2. The number of amides is 1. The first kappa shape index (κ1) is 23.3. The monoisotopic (exact) mass is 482 g/mol. The van der Waals surface area contributed by atoms with Crippen molar-refractivity contribution in [3.8, 4) is 17.1 Å². The Hall–Kier alpha value is -3.49. The van der Waals surface area contributed by atoms with Gasteiger partial charge >= 0.3 is 6.18 Å². The van der Waals surface area contributed by atoms with E-state index in [0.29, 0.717) is 17.8 Å². The molecule has 6 nitrogen and oxygen atoms in total. The van der Waals surface area contributed by atoms with Crippen molar-refractivity contribution < 1.29 is 22.7 Å². The number of fused-ring (bicyclic) bond motifs is 3. The standard InChI is InChI=1S/C26H25F3N4O2/c1-15-10-19(23-16(2)4-3-9-30-23)24(32-12-15)25(34)33-14-17-5-7-20(33)21(11-17)35-22-8-6-18(13-31-22)26(27,28)29/h3-4,6,8-10,12-13,17,20-21H,5,7,11,14H2,1-2H3/t17-,20-,21+/m0/s1. The maximum Gasteiger partial charge on any atom is 0.417 e. The summed E-state index contributed by atoms with van der Waals surface area (Å²) in [5, 5.41) is 0. The minimum absolute atomic E-state index is 0.126. The van der Waals surface area contributed by atoms with Crippen LogP contribution >= 0.6 is 0 Å². The van der Waals surface area contributed by atoms with Gasteiger partial charge in [-0.1, -0.05) is 6.07 Å². The van der Waals surface area contributed by atoms with Crippen LogP contribution < -0.4 is 4.74 Å². The van der Waals surface area contributed by atoms with Crippen molar-refractivity contribution in [1.29, 1.82) is 0 Å². The van der Waals surface area contributed by atoms with Crippen LogP contribution in [0.2, 0.25) is 0 Å². The molecule has 0 aromatic carbocycles. The van der Waals surface area contributed by atoms with E-state index < -0.39 is 11.7 Å². The van der Waals surface area contributed by atoms with Crippen molar-refractivity contribution in [1.82, 2.24) is 19.9 Å². The predicted octanol–water partition coefficient (Wildman–Crippen LogP) is 5.25. The van der Waals surface area contributed by atoms with Crippen molar-refractivity contribution in [3.05, 3.63) is 71.3 Å². The molecule has 6 rings (SSSR count). The zero-order valence-corrected chi connectivity index (χ0v) is 19.4. The smallest absolute Gasteiger partial charge is 0.417 e. The fourth-order valence-electron chi connectivity index (χ4n) is 5.09. The second-order valence-electron chi connectivity index (χ2n) is 9.32. The maximum atomic E-state index is 13.8. The molecule has 2 saturated heterocycles. The van der Waals surface area contributed by atoms with Crippen molar-refractivity contribution in [2.24, 2.45) is 5.92 Å². The Balaban J connectivity index is 1.41. The van der Waals surface area contributed by atoms with E-state index in [1.807, 2.05) is 36.9 Å². The number of aryl methyl sites for hydroxylation is 2. The number of halogens is 3. The molecule has 3 aromatic rings. The Bertz CT molecular complexity index is 1250. The third-order valence-electron chi connectivity index (χ3n) is 6.81. The lowest BCUT2D eigenvalue weighted by molar-refractivity contribution is -0.137. The Morgan fingerprint density at radius 1 is 1.09 bits per heavy atom. The Labute approximate surface area is 201 Å². The molecule has 1 saturated carbocycles. The number of carbonyl (C=O) groups is 1. The highest BCUT2D eigenvalue weighted by Gasteiger charge is 2.45. The summed E-state index contributed by atoms with van der Waals surface area (Å²) in [6.45, 7) is 4.47. The summed E-state index contributed by atoms with van der Waals surface area (Å²) in [6.07, 6.45) is 1.81. The Kier molecular flexibility index (Phi) is 5.94. The largest absolute Gasteiger partial charge is 0.472 e. The molecule has 0 unspecified atom stereocenters. The van der Waals surface area contributed by atoms with Gasteiger partial charge in [0.05, 0.1) is 17.3 Å². The number of aromatic nitrogens is 3. The summed E-state index contributed by atoms with van der Waals surface area (Å²) >= 11 is 0. The molecule has 3 aliphatic rings. The third kappa shape index (κ3) is 4.59. The summed E-state index contributed by atoms with van der Waals surface area (Å²) in [5.74, 6) is 0.184. The van der Waals surface area contributed by atoms with Gasteiger partial charge in [0.1, 0.15) is 11.8 Å². The zero-order chi connectivity index (χ0) is 24.7. The number of alkyl halides is 3. The summed E-state index contributed by atoms with van der Waals surface area (Å²) in [7, 11) is 0. The van der Waals surface area contributed by atoms with Gasteiger partial charge in [-0.3, -0.25) is 14.8 Å². The highest BCUT2D eigenvalue weighted by atomic mass is 19.4. The molecule has 3 atom stereocenters. The van der Waals surface area contributed by atoms with Gasteiger partial charge < -0.3 is 9.64 Å². The topological polar surface area (TPSA) is 68.2 Å². The second kappa shape index (κ2) is 8.94. The molecule has 9 heteroatoms. The minimum atomic E-state index is -4.45. The molecule has 35 heavy (non-hydrogen) atoms. The molecule has 5 heterocycles. The van der Waals surface area contributed by atoms with Crippen LogP contribution in [0.25, 0.3) is 11.3 Å². The lowest BCUT2D eigenvalue weighted by Gasteiger charge is -2.49. The van der Waals surface area contributed by atoms with Crippen LogP contribution in [0.15, 0.2) is 48.9 Å². The van der Waals surface area contributed by atoms with E-state index in [-0.39, 0.29) is 29.9 Å². The number of nitrogens with zero attached hydrogens (tertiary/aromatic N) is 4. The van der Waals surface area contributed by atoms with Crippen LogP contribution in [0.4, 0.5) is 13.2 Å². The molecule has 2 bridgehead atoms. The number of pyridine rings is 3. The highest BCUT2D eigenvalue weighted by Crippen LogP contribution is 2.39. The van der Waals surface area contributed by atoms with Crippen molar-refractivity contribution in [2.45, 2.75) is 51.4 Å². The van der Waals surface area contributed by atoms with E-state index in [1.165, 1.54) is 6.07 Å². The first-order chi connectivity index (χ1) is 16.7. The van der Waals surface area contributed by atoms with Gasteiger partial charge in [-0.15, -0.1) is 0 Å². The number of ether oxygens (including phenoxy) is 1. The van der Waals surface area contributed by atoms with Crippen LogP contribution in [0.3, 0.4) is 0 Å². The van der Waals surface area contributed by atoms with E-state index in [4.69, 9.17) is 4.74 Å². The quantitative estimate of drug-likeness (QED) is 0.508. The number of rotatable bonds is 4. The highest BCUT2D eigenvalue weighted by molar-refractivity contribution is 5.99. The van der Waals surface area contributed by atoms with E-state index >= 15 is 0 Å². The number of hydrogen-bond donors (Lipinski definition) is 0. The van der Waals surface area contributed by atoms with Crippen molar-refractivity contribution >= 4 is 5.91 Å². The molecular weight excluding hydrogens is 457 g/mol. The van der Waals surface area contributed by atoms with Crippen LogP contribution in [0.1, 0.15) is 46.4 Å². The van der Waals surface area contributed by atoms with E-state index in [9.17, 15) is 18.0 Å². The van der Waals surface area contributed by atoms with Gasteiger partial charge in [0.15, 0.2) is 0 Å². The lowest BCUT2D eigenvalue weighted by atomic mass is 9.77. The van der Waals surface area contributed by atoms with Crippen LogP contribution in [0.5, 0.6) is 5.88 Å². The first-order valence-corrected chi connectivity index (χ1v) is 11.6. The fraction of sp³-hybridized carbons (Fsp3) is 0.385. The lowest BCUT2D eigenvalue weighted by Crippen LogP contribution is -2.59. The van der Waals surface area contributed by atoms with Gasteiger partial charge in [-0.05, 0) is 68.4 Å². The molecule has 0 N–H and O–H groups in total. The van der Waals surface area contributed by atoms with Gasteiger partial charge in [-0.2, -0.15) is 13.2 Å². The number of carbonyl (C=O) groups excluding carboxylic acids is 1. The fourth-order valence-corrected chi connectivity index (χ4v) is 5.09. The van der Waals surface area contributed by atoms with Gasteiger partial charge in [0, 0.05) is 36.8 Å². The summed E-state index contributed by atoms with van der Waals surface area (Å²) in [6, 6.07) is 7.72. The van der Waals surface area contributed by atoms with Crippen LogP contribution in [-0.2, 0) is 6.18 Å². The van der Waals surface area contributed by atoms with Crippen LogP contribution in [-0.4, -0.2) is 44.4 Å². The summed E-state index contributed by atoms with van der Waals surface area (Å²) in [4.78, 5) is 28.5.